The van der Waals surface area contributed by atoms with Gasteiger partial charge in [0.2, 0.25) is 0 Å². The van der Waals surface area contributed by atoms with Crippen LogP contribution in [0.5, 0.6) is 0 Å². The molecular weight excluding hydrogens is 681 g/mol. The lowest BCUT2D eigenvalue weighted by atomic mass is 9.88. The molecule has 0 saturated carbocycles. The molecule has 2 aromatic heterocycles. The number of alkyl halides is 3. The summed E-state index contributed by atoms with van der Waals surface area (Å²) in [6, 6.07) is 8.28. The normalized spacial score (nSPS) is 14.0. The van der Waals surface area contributed by atoms with E-state index in [0.717, 1.165) is 39.9 Å². The number of pyridine rings is 1. The first-order valence-electron chi connectivity index (χ1n) is 8.36. The maximum atomic E-state index is 12.6. The lowest BCUT2D eigenvalue weighted by Gasteiger charge is -2.24. The Kier molecular flexibility index (Phi) is 5.74. The standard InChI is InChI=1S/C19H15I3N4O/c20-19(21,22)17-14(2-1-4-24-17)15-8-12(10-26-7-6-23-11-26)9-16-13(15)3-5-25-18(16)27/h1-2,4,6-9,11H,3,5,10H2,(H,25,27). The van der Waals surface area contributed by atoms with Crippen LogP contribution in [0, 0.1) is 0 Å². The van der Waals surface area contributed by atoms with Gasteiger partial charge in [0.05, 0.1) is 12.0 Å². The number of imidazole rings is 1. The van der Waals surface area contributed by atoms with E-state index >= 15 is 0 Å². The molecule has 0 atom stereocenters. The molecule has 1 aliphatic heterocycles. The average Bonchev–Trinajstić information content (AvgIpc) is 3.14. The summed E-state index contributed by atoms with van der Waals surface area (Å²) in [6.07, 6.45) is 8.15. The number of aromatic nitrogens is 3. The number of carbonyl (C=O) groups excluding carboxylic acids is 1. The molecule has 0 radical (unpaired) electrons. The van der Waals surface area contributed by atoms with Crippen LogP contribution >= 0.6 is 67.8 Å². The van der Waals surface area contributed by atoms with E-state index in [-0.39, 0.29) is 5.34 Å². The molecule has 1 aliphatic rings. The second kappa shape index (κ2) is 7.93. The Hall–Kier alpha value is -0.760. The summed E-state index contributed by atoms with van der Waals surface area (Å²) in [6.45, 7) is 1.34. The number of nitrogens with zero attached hydrogens (tertiary/aromatic N) is 3. The molecule has 1 amide bonds. The molecule has 0 saturated heterocycles. The molecule has 0 unspecified atom stereocenters. The van der Waals surface area contributed by atoms with E-state index in [1.807, 2.05) is 29.1 Å². The van der Waals surface area contributed by atoms with Crippen LogP contribution in [0.3, 0.4) is 0 Å². The average molecular weight is 696 g/mol. The Morgan fingerprint density at radius 3 is 2.70 bits per heavy atom. The van der Waals surface area contributed by atoms with E-state index in [1.54, 1.807) is 12.5 Å². The Balaban J connectivity index is 1.92. The number of carbonyl (C=O) groups is 1. The Morgan fingerprint density at radius 1 is 1.15 bits per heavy atom. The summed E-state index contributed by atoms with van der Waals surface area (Å²) in [5.41, 5.74) is 6.17. The van der Waals surface area contributed by atoms with Gasteiger partial charge >= 0.3 is 0 Å². The number of nitrogens with one attached hydrogen (secondary N) is 1. The minimum atomic E-state index is -0.173. The number of rotatable bonds is 4. The van der Waals surface area contributed by atoms with Gasteiger partial charge in [0, 0.05) is 42.8 Å². The van der Waals surface area contributed by atoms with Crippen LogP contribution in [0.2, 0.25) is 0 Å². The monoisotopic (exact) mass is 696 g/mol. The van der Waals surface area contributed by atoms with Gasteiger partial charge in [0.15, 0.2) is -0.565 Å². The summed E-state index contributed by atoms with van der Waals surface area (Å²) in [5.74, 6) is 0.0000973. The summed E-state index contributed by atoms with van der Waals surface area (Å²) < 4.78 is 1.84. The number of fused-ring (bicyclic) bond motifs is 1. The van der Waals surface area contributed by atoms with Crippen LogP contribution in [-0.4, -0.2) is 27.0 Å². The molecule has 5 nitrogen and oxygen atoms in total. The minimum absolute atomic E-state index is 0.0000973. The molecule has 1 aromatic carbocycles. The number of amides is 1. The van der Waals surface area contributed by atoms with Gasteiger partial charge in [0.1, 0.15) is 0 Å². The second-order valence-electron chi connectivity index (χ2n) is 6.31. The van der Waals surface area contributed by atoms with Gasteiger partial charge in [-0.25, -0.2) is 4.98 Å². The fourth-order valence-corrected chi connectivity index (χ4v) is 4.66. The highest BCUT2D eigenvalue weighted by molar-refractivity contribution is 14.3. The molecule has 4 rings (SSSR count). The molecule has 3 heterocycles. The Bertz CT molecular complexity index is 997. The SMILES string of the molecule is O=C1NCCc2c1cc(Cn1ccnc1)cc2-c1cccnc1C(I)(I)I. The highest BCUT2D eigenvalue weighted by Crippen LogP contribution is 2.49. The van der Waals surface area contributed by atoms with Crippen LogP contribution in [0.25, 0.3) is 11.1 Å². The van der Waals surface area contributed by atoms with Crippen molar-refractivity contribution in [3.63, 3.8) is 0 Å². The highest BCUT2D eigenvalue weighted by atomic mass is 127. The molecular formula is C19H15I3N4O. The fourth-order valence-electron chi connectivity index (χ4n) is 3.37. The lowest BCUT2D eigenvalue weighted by Crippen LogP contribution is -2.32. The first kappa shape index (κ1) is 19.6. The predicted octanol–water partition coefficient (Wildman–Crippen LogP) is 4.69. The van der Waals surface area contributed by atoms with E-state index in [1.165, 1.54) is 0 Å². The van der Waals surface area contributed by atoms with Crippen LogP contribution in [-0.2, 0) is 12.4 Å². The number of halogens is 3. The summed E-state index contributed by atoms with van der Waals surface area (Å²) >= 11 is 7.20. The molecule has 0 spiro atoms. The van der Waals surface area contributed by atoms with E-state index in [9.17, 15) is 4.79 Å². The van der Waals surface area contributed by atoms with Gasteiger partial charge < -0.3 is 9.88 Å². The zero-order valence-electron chi connectivity index (χ0n) is 14.1. The molecule has 0 aliphatic carbocycles. The molecule has 1 N–H and O–H groups in total. The smallest absolute Gasteiger partial charge is 0.251 e. The number of hydrogen-bond acceptors (Lipinski definition) is 3. The van der Waals surface area contributed by atoms with Crippen LogP contribution < -0.4 is 5.32 Å². The van der Waals surface area contributed by atoms with Gasteiger partial charge in [-0.05, 0) is 109 Å². The van der Waals surface area contributed by atoms with Crippen molar-refractivity contribution in [3.8, 4) is 11.1 Å². The van der Waals surface area contributed by atoms with Crippen molar-refractivity contribution < 1.29 is 4.79 Å². The van der Waals surface area contributed by atoms with Crippen LogP contribution in [0.4, 0.5) is 0 Å². The maximum absolute atomic E-state index is 12.6. The van der Waals surface area contributed by atoms with Gasteiger partial charge in [0.25, 0.3) is 5.91 Å². The Labute approximate surface area is 198 Å². The van der Waals surface area contributed by atoms with Gasteiger partial charge in [-0.1, -0.05) is 6.07 Å². The summed E-state index contributed by atoms with van der Waals surface area (Å²) in [4.78, 5) is 21.3. The molecule has 0 fully saturated rings. The van der Waals surface area contributed by atoms with Crippen molar-refractivity contribution in [1.82, 2.24) is 19.9 Å². The maximum Gasteiger partial charge on any atom is 0.251 e. The van der Waals surface area contributed by atoms with E-state index in [2.05, 4.69) is 95.2 Å². The second-order valence-corrected chi connectivity index (χ2v) is 17.4. The highest BCUT2D eigenvalue weighted by Gasteiger charge is 2.29. The van der Waals surface area contributed by atoms with E-state index in [4.69, 9.17) is 0 Å². The fraction of sp³-hybridized carbons (Fsp3) is 0.211. The van der Waals surface area contributed by atoms with Crippen molar-refractivity contribution in [2.24, 2.45) is 0 Å². The van der Waals surface area contributed by atoms with Crippen molar-refractivity contribution in [2.45, 2.75) is 12.4 Å². The van der Waals surface area contributed by atoms with Crippen molar-refractivity contribution in [3.05, 3.63) is 71.6 Å². The minimum Gasteiger partial charge on any atom is -0.352 e. The zero-order chi connectivity index (χ0) is 19.0. The third kappa shape index (κ3) is 4.16. The number of hydrogen-bond donors (Lipinski definition) is 1. The van der Waals surface area contributed by atoms with Crippen molar-refractivity contribution >= 4 is 73.7 Å². The van der Waals surface area contributed by atoms with Gasteiger partial charge in [-0.15, -0.1) is 0 Å². The predicted molar refractivity (Wildman–Crippen MR) is 131 cm³/mol. The Morgan fingerprint density at radius 2 is 1.96 bits per heavy atom. The largest absolute Gasteiger partial charge is 0.352 e. The van der Waals surface area contributed by atoms with Crippen molar-refractivity contribution in [2.75, 3.05) is 6.54 Å². The molecule has 138 valence electrons. The first-order chi connectivity index (χ1) is 12.9. The quantitative estimate of drug-likeness (QED) is 0.319. The zero-order valence-corrected chi connectivity index (χ0v) is 20.6. The summed E-state index contributed by atoms with van der Waals surface area (Å²) in [5, 5.41) is 2.97. The first-order valence-corrected chi connectivity index (χ1v) is 11.6. The molecule has 3 aromatic rings. The third-order valence-electron chi connectivity index (χ3n) is 4.51. The molecule has 8 heteroatoms. The summed E-state index contributed by atoms with van der Waals surface area (Å²) in [7, 11) is 0. The van der Waals surface area contributed by atoms with Crippen LogP contribution in [0.15, 0.2) is 49.2 Å². The molecule has 0 bridgehead atoms. The van der Waals surface area contributed by atoms with Crippen LogP contribution in [0.1, 0.15) is 27.2 Å². The van der Waals surface area contributed by atoms with Gasteiger partial charge in [-0.3, -0.25) is 9.78 Å². The van der Waals surface area contributed by atoms with Crippen molar-refractivity contribution in [1.29, 1.82) is 0 Å². The topological polar surface area (TPSA) is 59.8 Å². The third-order valence-corrected chi connectivity index (χ3v) is 6.04. The van der Waals surface area contributed by atoms with Gasteiger partial charge in [-0.2, -0.15) is 0 Å². The lowest BCUT2D eigenvalue weighted by molar-refractivity contribution is 0.0946. The van der Waals surface area contributed by atoms with E-state index in [0.29, 0.717) is 13.1 Å². The molecule has 27 heavy (non-hydrogen) atoms. The van der Waals surface area contributed by atoms with E-state index < -0.39 is 0 Å². The number of benzene rings is 1.